The summed E-state index contributed by atoms with van der Waals surface area (Å²) in [6.45, 7) is 6.56. The van der Waals surface area contributed by atoms with Crippen LogP contribution in [0.3, 0.4) is 0 Å². The number of hydrogen-bond acceptors (Lipinski definition) is 6. The number of ether oxygens (including phenoxy) is 2. The highest BCUT2D eigenvalue weighted by Crippen LogP contribution is 2.35. The Balaban J connectivity index is 1.18. The van der Waals surface area contributed by atoms with Crippen LogP contribution in [0, 0.1) is 0 Å². The quantitative estimate of drug-likeness (QED) is 0.273. The normalized spacial score (nSPS) is 16.4. The van der Waals surface area contributed by atoms with Gasteiger partial charge in [-0.25, -0.2) is 4.79 Å². The second-order valence-corrected chi connectivity index (χ2v) is 10.7. The van der Waals surface area contributed by atoms with Gasteiger partial charge >= 0.3 is 5.97 Å². The van der Waals surface area contributed by atoms with Gasteiger partial charge in [0.15, 0.2) is 0 Å². The number of methoxy groups -OCH3 is 1. The van der Waals surface area contributed by atoms with Gasteiger partial charge in [0.1, 0.15) is 17.1 Å². The maximum absolute atomic E-state index is 12.6. The molecule has 206 valence electrons. The zero-order valence-corrected chi connectivity index (χ0v) is 23.3. The molecule has 2 aliphatic heterocycles. The molecule has 0 spiro atoms. The molecule has 0 atom stereocenters. The minimum absolute atomic E-state index is 0.406. The molecule has 0 bridgehead atoms. The highest BCUT2D eigenvalue weighted by molar-refractivity contribution is 6.30. The zero-order valence-electron chi connectivity index (χ0n) is 22.6. The third kappa shape index (κ3) is 5.59. The van der Waals surface area contributed by atoms with Crippen molar-refractivity contribution in [2.24, 2.45) is 0 Å². The van der Waals surface area contributed by atoms with Crippen molar-refractivity contribution in [3.63, 3.8) is 0 Å². The Morgan fingerprint density at radius 1 is 0.975 bits per heavy atom. The summed E-state index contributed by atoms with van der Waals surface area (Å²) in [5, 5.41) is 5.28. The van der Waals surface area contributed by atoms with Gasteiger partial charge in [-0.05, 0) is 72.1 Å². The number of H-pyrrole nitrogens is 1. The van der Waals surface area contributed by atoms with E-state index in [0.717, 1.165) is 73.8 Å². The summed E-state index contributed by atoms with van der Waals surface area (Å²) >= 11 is 6.13. The van der Waals surface area contributed by atoms with Crippen LogP contribution >= 0.6 is 11.6 Å². The van der Waals surface area contributed by atoms with Gasteiger partial charge in [0, 0.05) is 73.1 Å². The Kier molecular flexibility index (Phi) is 7.77. The van der Waals surface area contributed by atoms with E-state index in [1.54, 1.807) is 6.07 Å². The molecule has 0 radical (unpaired) electrons. The van der Waals surface area contributed by atoms with Crippen LogP contribution in [0.25, 0.3) is 16.5 Å². The first kappa shape index (κ1) is 26.4. The molecule has 0 amide bonds. The van der Waals surface area contributed by atoms with Crippen LogP contribution in [0.5, 0.6) is 11.5 Å². The molecule has 4 aromatic rings. The summed E-state index contributed by atoms with van der Waals surface area (Å²) in [5.74, 6) is 0.765. The number of fused-ring (bicyclic) bond motifs is 1. The molecule has 1 aromatic heterocycles. The number of nitrogens with one attached hydrogen (secondary N) is 2. The van der Waals surface area contributed by atoms with Crippen LogP contribution in [-0.4, -0.2) is 68.8 Å². The van der Waals surface area contributed by atoms with Crippen molar-refractivity contribution in [1.29, 1.82) is 0 Å². The average molecular weight is 557 g/mol. The number of carbonyl (C=O) groups excluding carboxylic acids is 1. The number of rotatable bonds is 7. The van der Waals surface area contributed by atoms with E-state index in [1.807, 2.05) is 54.7 Å². The highest BCUT2D eigenvalue weighted by atomic mass is 35.5. The van der Waals surface area contributed by atoms with Gasteiger partial charge in [-0.1, -0.05) is 29.8 Å². The lowest BCUT2D eigenvalue weighted by Gasteiger charge is -2.37. The van der Waals surface area contributed by atoms with Crippen molar-refractivity contribution in [3.05, 3.63) is 94.6 Å². The Hall–Kier alpha value is -3.78. The molecule has 6 rings (SSSR count). The van der Waals surface area contributed by atoms with Crippen molar-refractivity contribution >= 4 is 39.7 Å². The minimum Gasteiger partial charge on any atom is -0.465 e. The molecule has 0 aliphatic carbocycles. The lowest BCUT2D eigenvalue weighted by molar-refractivity contribution is 0.0598. The first-order valence-corrected chi connectivity index (χ1v) is 14.1. The molecule has 1 saturated heterocycles. The van der Waals surface area contributed by atoms with Gasteiger partial charge in [-0.15, -0.1) is 0 Å². The van der Waals surface area contributed by atoms with E-state index in [2.05, 4.69) is 32.2 Å². The summed E-state index contributed by atoms with van der Waals surface area (Å²) in [6.07, 6.45) is 2.91. The fourth-order valence-electron chi connectivity index (χ4n) is 5.66. The number of nitrogens with zero attached hydrogens (tertiary/aromatic N) is 2. The molecule has 0 unspecified atom stereocenters. The predicted octanol–water partition coefficient (Wildman–Crippen LogP) is 5.97. The molecule has 7 nitrogen and oxygen atoms in total. The van der Waals surface area contributed by atoms with Crippen LogP contribution in [-0.2, 0) is 4.74 Å². The summed E-state index contributed by atoms with van der Waals surface area (Å²) in [5.41, 5.74) is 6.59. The smallest absolute Gasteiger partial charge is 0.341 e. The highest BCUT2D eigenvalue weighted by Gasteiger charge is 2.23. The maximum atomic E-state index is 12.6. The fraction of sp³-hybridized carbons (Fsp3) is 0.281. The monoisotopic (exact) mass is 556 g/mol. The fourth-order valence-corrected chi connectivity index (χ4v) is 5.78. The number of carbonyl (C=O) groups is 1. The number of esters is 1. The predicted molar refractivity (Wildman–Crippen MR) is 161 cm³/mol. The molecular weight excluding hydrogens is 524 g/mol. The largest absolute Gasteiger partial charge is 0.465 e. The van der Waals surface area contributed by atoms with Gasteiger partial charge in [0.25, 0.3) is 0 Å². The third-order valence-corrected chi connectivity index (χ3v) is 8.06. The number of anilines is 1. The second kappa shape index (κ2) is 11.8. The molecule has 3 heterocycles. The molecule has 1 fully saturated rings. The molecule has 0 saturated carbocycles. The second-order valence-electron chi connectivity index (χ2n) is 10.2. The van der Waals surface area contributed by atoms with Crippen molar-refractivity contribution in [1.82, 2.24) is 15.2 Å². The number of halogens is 1. The SMILES string of the molecule is COC(=O)c1ccc(N2CCN(CC3=C(c4ccc(Cl)cc4)CCNC3)CC2)cc1Oc1cccc2[nH]ccc12. The van der Waals surface area contributed by atoms with Crippen LogP contribution in [0.4, 0.5) is 5.69 Å². The molecule has 8 heteroatoms. The Bertz CT molecular complexity index is 1540. The van der Waals surface area contributed by atoms with E-state index in [1.165, 1.54) is 23.8 Å². The number of piperazine rings is 1. The lowest BCUT2D eigenvalue weighted by atomic mass is 9.94. The van der Waals surface area contributed by atoms with Gasteiger partial charge in [0.05, 0.1) is 7.11 Å². The first-order chi connectivity index (χ1) is 19.6. The van der Waals surface area contributed by atoms with Crippen molar-refractivity contribution in [3.8, 4) is 11.5 Å². The topological polar surface area (TPSA) is 69.8 Å². The Morgan fingerprint density at radius 2 is 1.80 bits per heavy atom. The summed E-state index contributed by atoms with van der Waals surface area (Å²) in [7, 11) is 1.39. The maximum Gasteiger partial charge on any atom is 0.341 e. The average Bonchev–Trinajstić information content (AvgIpc) is 3.48. The summed E-state index contributed by atoms with van der Waals surface area (Å²) in [6, 6.07) is 21.8. The van der Waals surface area contributed by atoms with Gasteiger partial charge < -0.3 is 24.7 Å². The standard InChI is InChI=1S/C32H33ClN4O3/c1-39-32(38)28-10-9-25(19-31(28)40-30-4-2-3-29-27(30)12-14-35-29)37-17-15-36(16-18-37)21-23-20-34-13-11-26(23)22-5-7-24(33)8-6-22/h2-10,12,14,19,34-35H,11,13,15-18,20-21H2,1H3. The van der Waals surface area contributed by atoms with Crippen molar-refractivity contribution in [2.75, 3.05) is 57.8 Å². The number of hydrogen-bond donors (Lipinski definition) is 2. The number of aromatic amines is 1. The molecular formula is C32H33ClN4O3. The molecule has 40 heavy (non-hydrogen) atoms. The molecule has 3 aromatic carbocycles. The van der Waals surface area contributed by atoms with Crippen LogP contribution in [0.1, 0.15) is 22.3 Å². The van der Waals surface area contributed by atoms with E-state index in [9.17, 15) is 4.79 Å². The Morgan fingerprint density at radius 3 is 2.60 bits per heavy atom. The summed E-state index contributed by atoms with van der Waals surface area (Å²) in [4.78, 5) is 20.7. The third-order valence-electron chi connectivity index (χ3n) is 7.81. The minimum atomic E-state index is -0.418. The number of benzene rings is 3. The van der Waals surface area contributed by atoms with Crippen LogP contribution in [0.2, 0.25) is 5.02 Å². The van der Waals surface area contributed by atoms with Crippen LogP contribution in [0.15, 0.2) is 78.5 Å². The van der Waals surface area contributed by atoms with Crippen molar-refractivity contribution < 1.29 is 14.3 Å². The van der Waals surface area contributed by atoms with Gasteiger partial charge in [0.2, 0.25) is 0 Å². The van der Waals surface area contributed by atoms with Gasteiger partial charge in [-0.2, -0.15) is 0 Å². The Labute approximate surface area is 239 Å². The molecule has 2 aliphatic rings. The van der Waals surface area contributed by atoms with Gasteiger partial charge in [-0.3, -0.25) is 4.90 Å². The van der Waals surface area contributed by atoms with Crippen LogP contribution < -0.4 is 15.0 Å². The van der Waals surface area contributed by atoms with Crippen molar-refractivity contribution in [2.45, 2.75) is 6.42 Å². The van der Waals surface area contributed by atoms with E-state index in [0.29, 0.717) is 17.1 Å². The zero-order chi connectivity index (χ0) is 27.5. The van der Waals surface area contributed by atoms with E-state index in [-0.39, 0.29) is 0 Å². The lowest BCUT2D eigenvalue weighted by Crippen LogP contribution is -2.47. The summed E-state index contributed by atoms with van der Waals surface area (Å²) < 4.78 is 11.4. The molecule has 2 N–H and O–H groups in total. The van der Waals surface area contributed by atoms with E-state index < -0.39 is 5.97 Å². The van der Waals surface area contributed by atoms with E-state index >= 15 is 0 Å². The first-order valence-electron chi connectivity index (χ1n) is 13.7. The number of aromatic nitrogens is 1. The van der Waals surface area contributed by atoms with E-state index in [4.69, 9.17) is 21.1 Å².